The van der Waals surface area contributed by atoms with Crippen molar-refractivity contribution in [3.05, 3.63) is 47.0 Å². The van der Waals surface area contributed by atoms with E-state index in [1.54, 1.807) is 19.6 Å². The maximum atomic E-state index is 12.8. The van der Waals surface area contributed by atoms with Gasteiger partial charge in [-0.05, 0) is 18.2 Å². The Morgan fingerprint density at radius 1 is 1.17 bits per heavy atom. The zero-order chi connectivity index (χ0) is 24.8. The molecule has 0 aliphatic carbocycles. The van der Waals surface area contributed by atoms with E-state index in [0.29, 0.717) is 30.5 Å². The minimum atomic E-state index is -0.616. The highest BCUT2D eigenvalue weighted by Gasteiger charge is 2.23. The molecule has 2 aliphatic heterocycles. The standard InChI is InChI=1S/C24H27N5O5S/c1-33-19-4-5-20(34-2)17(11-19)14-28-7-9-29(10-8-28)22(31)12-18-15-35-24(26-18)27-23(32)16-3-6-21(30)25-13-16/h3-6,11,13,15-16H,7-10,12,14H2,1-2H3,(H,26,27,32). The summed E-state index contributed by atoms with van der Waals surface area (Å²) in [5, 5.41) is 4.89. The second-order valence-corrected chi connectivity index (χ2v) is 9.00. The van der Waals surface area contributed by atoms with Gasteiger partial charge in [0.2, 0.25) is 11.8 Å². The van der Waals surface area contributed by atoms with Crippen LogP contribution < -0.4 is 14.8 Å². The van der Waals surface area contributed by atoms with Crippen molar-refractivity contribution < 1.29 is 23.9 Å². The zero-order valence-corrected chi connectivity index (χ0v) is 20.4. The molecule has 0 radical (unpaired) electrons. The van der Waals surface area contributed by atoms with Gasteiger partial charge in [0.1, 0.15) is 11.5 Å². The van der Waals surface area contributed by atoms with Gasteiger partial charge in [-0.15, -0.1) is 11.3 Å². The lowest BCUT2D eigenvalue weighted by atomic mass is 10.1. The summed E-state index contributed by atoms with van der Waals surface area (Å²) < 4.78 is 10.8. The number of benzene rings is 1. The van der Waals surface area contributed by atoms with Crippen LogP contribution in [0.2, 0.25) is 0 Å². The maximum absolute atomic E-state index is 12.8. The van der Waals surface area contributed by atoms with Gasteiger partial charge in [-0.25, -0.2) is 9.98 Å². The summed E-state index contributed by atoms with van der Waals surface area (Å²) in [6, 6.07) is 5.75. The molecule has 2 aliphatic rings. The summed E-state index contributed by atoms with van der Waals surface area (Å²) >= 11 is 1.26. The Bertz CT molecular complexity index is 1140. The highest BCUT2D eigenvalue weighted by molar-refractivity contribution is 7.14. The lowest BCUT2D eigenvalue weighted by Crippen LogP contribution is -2.48. The quantitative estimate of drug-likeness (QED) is 0.591. The Labute approximate surface area is 207 Å². The number of carbonyl (C=O) groups is 3. The lowest BCUT2D eigenvalue weighted by Gasteiger charge is -2.35. The Hall–Kier alpha value is -3.57. The number of hydrogen-bond acceptors (Lipinski definition) is 8. The normalized spacial score (nSPS) is 17.9. The molecule has 35 heavy (non-hydrogen) atoms. The number of anilines is 1. The molecule has 3 amide bonds. The Kier molecular flexibility index (Phi) is 7.88. The number of aromatic nitrogens is 1. The van der Waals surface area contributed by atoms with Crippen molar-refractivity contribution in [2.45, 2.75) is 13.0 Å². The van der Waals surface area contributed by atoms with Crippen LogP contribution in [-0.4, -0.2) is 79.1 Å². The summed E-state index contributed by atoms with van der Waals surface area (Å²) in [6.07, 6.45) is 4.24. The number of amides is 3. The fourth-order valence-corrected chi connectivity index (χ4v) is 4.60. The molecular formula is C24H27N5O5S. The van der Waals surface area contributed by atoms with Gasteiger partial charge in [-0.3, -0.25) is 19.3 Å². The van der Waals surface area contributed by atoms with Crippen LogP contribution in [0.4, 0.5) is 5.13 Å². The van der Waals surface area contributed by atoms with Gasteiger partial charge in [0.15, 0.2) is 5.13 Å². The first-order valence-electron chi connectivity index (χ1n) is 11.2. The molecule has 0 bridgehead atoms. The summed E-state index contributed by atoms with van der Waals surface area (Å²) in [4.78, 5) is 48.3. The second-order valence-electron chi connectivity index (χ2n) is 8.15. The van der Waals surface area contributed by atoms with Gasteiger partial charge >= 0.3 is 0 Å². The predicted octanol–water partition coefficient (Wildman–Crippen LogP) is 1.77. The SMILES string of the molecule is COc1ccc(OC)c(CN2CCN(C(=O)Cc3csc(NC(=O)C4C=CC(=O)N=C4)n3)CC2)c1. The monoisotopic (exact) mass is 497 g/mol. The van der Waals surface area contributed by atoms with E-state index in [2.05, 4.69) is 20.2 Å². The van der Waals surface area contributed by atoms with Crippen molar-refractivity contribution >= 4 is 40.4 Å². The molecule has 10 nitrogen and oxygen atoms in total. The number of dihydropyridines is 1. The molecule has 1 aromatic carbocycles. The Balaban J connectivity index is 1.26. The third kappa shape index (κ3) is 6.31. The molecular weight excluding hydrogens is 470 g/mol. The molecule has 0 spiro atoms. The van der Waals surface area contributed by atoms with E-state index < -0.39 is 5.92 Å². The minimum absolute atomic E-state index is 0.00708. The van der Waals surface area contributed by atoms with Crippen molar-refractivity contribution in [2.24, 2.45) is 10.9 Å². The average molecular weight is 498 g/mol. The molecule has 2 aromatic rings. The van der Waals surface area contributed by atoms with Crippen LogP contribution in [0.5, 0.6) is 11.5 Å². The molecule has 184 valence electrons. The first kappa shape index (κ1) is 24.6. The molecule has 0 saturated carbocycles. The molecule has 11 heteroatoms. The Morgan fingerprint density at radius 3 is 2.66 bits per heavy atom. The van der Waals surface area contributed by atoms with Gasteiger partial charge in [0.05, 0.1) is 32.3 Å². The van der Waals surface area contributed by atoms with Crippen molar-refractivity contribution in [1.82, 2.24) is 14.8 Å². The van der Waals surface area contributed by atoms with Gasteiger partial charge in [-0.2, -0.15) is 0 Å². The van der Waals surface area contributed by atoms with E-state index in [0.717, 1.165) is 30.2 Å². The van der Waals surface area contributed by atoms with Crippen molar-refractivity contribution in [3.63, 3.8) is 0 Å². The molecule has 1 saturated heterocycles. The van der Waals surface area contributed by atoms with Crippen LogP contribution in [0.25, 0.3) is 0 Å². The molecule has 3 heterocycles. The van der Waals surface area contributed by atoms with E-state index in [9.17, 15) is 14.4 Å². The van der Waals surface area contributed by atoms with E-state index >= 15 is 0 Å². The Morgan fingerprint density at radius 2 is 1.97 bits per heavy atom. The predicted molar refractivity (Wildman–Crippen MR) is 132 cm³/mol. The van der Waals surface area contributed by atoms with Gasteiger partial charge < -0.3 is 19.7 Å². The van der Waals surface area contributed by atoms with Crippen molar-refractivity contribution in [2.75, 3.05) is 45.7 Å². The van der Waals surface area contributed by atoms with Crippen LogP contribution in [0.3, 0.4) is 0 Å². The van der Waals surface area contributed by atoms with Crippen LogP contribution in [0.1, 0.15) is 11.3 Å². The maximum Gasteiger partial charge on any atom is 0.269 e. The lowest BCUT2D eigenvalue weighted by molar-refractivity contribution is -0.132. The highest BCUT2D eigenvalue weighted by Crippen LogP contribution is 2.26. The number of thiazole rings is 1. The molecule has 1 aromatic heterocycles. The van der Waals surface area contributed by atoms with Gasteiger partial charge in [0.25, 0.3) is 5.91 Å². The van der Waals surface area contributed by atoms with Crippen LogP contribution in [0, 0.1) is 5.92 Å². The number of hydrogen-bond donors (Lipinski definition) is 1. The van der Waals surface area contributed by atoms with Crippen molar-refractivity contribution in [1.29, 1.82) is 0 Å². The van der Waals surface area contributed by atoms with E-state index in [-0.39, 0.29) is 24.1 Å². The van der Waals surface area contributed by atoms with Gasteiger partial charge in [-0.1, -0.05) is 6.08 Å². The molecule has 4 rings (SSSR count). The smallest absolute Gasteiger partial charge is 0.269 e. The van der Waals surface area contributed by atoms with Crippen LogP contribution in [-0.2, 0) is 27.3 Å². The third-order valence-electron chi connectivity index (χ3n) is 5.83. The zero-order valence-electron chi connectivity index (χ0n) is 19.6. The van der Waals surface area contributed by atoms with Gasteiger partial charge in [0, 0.05) is 56.0 Å². The molecule has 1 fully saturated rings. The minimum Gasteiger partial charge on any atom is -0.497 e. The number of carbonyl (C=O) groups excluding carboxylic acids is 3. The average Bonchev–Trinajstić information content (AvgIpc) is 3.31. The fraction of sp³-hybridized carbons (Fsp3) is 0.375. The van der Waals surface area contributed by atoms with Crippen molar-refractivity contribution in [3.8, 4) is 11.5 Å². The summed E-state index contributed by atoms with van der Waals surface area (Å²) in [5.74, 6) is 0.281. The summed E-state index contributed by atoms with van der Waals surface area (Å²) in [5.41, 5.74) is 1.66. The molecule has 1 N–H and O–H groups in total. The molecule has 1 atom stereocenters. The van der Waals surface area contributed by atoms with E-state index in [4.69, 9.17) is 9.47 Å². The van der Waals surface area contributed by atoms with Crippen LogP contribution in [0.15, 0.2) is 40.7 Å². The first-order chi connectivity index (χ1) is 16.9. The number of ether oxygens (including phenoxy) is 2. The number of nitrogens with one attached hydrogen (secondary N) is 1. The number of aliphatic imine (C=N–C) groups is 1. The summed E-state index contributed by atoms with van der Waals surface area (Å²) in [7, 11) is 3.29. The largest absolute Gasteiger partial charge is 0.497 e. The fourth-order valence-electron chi connectivity index (χ4n) is 3.89. The number of methoxy groups -OCH3 is 2. The highest BCUT2D eigenvalue weighted by atomic mass is 32.1. The number of piperazine rings is 1. The third-order valence-corrected chi connectivity index (χ3v) is 6.64. The first-order valence-corrected chi connectivity index (χ1v) is 12.1. The topological polar surface area (TPSA) is 113 Å². The summed E-state index contributed by atoms with van der Waals surface area (Å²) in [6.45, 7) is 3.48. The van der Waals surface area contributed by atoms with E-state index in [1.165, 1.54) is 29.7 Å². The molecule has 1 unspecified atom stereocenters. The number of rotatable bonds is 8. The number of nitrogens with zero attached hydrogens (tertiary/aromatic N) is 4. The van der Waals surface area contributed by atoms with Crippen LogP contribution >= 0.6 is 11.3 Å². The van der Waals surface area contributed by atoms with E-state index in [1.807, 2.05) is 23.1 Å². The second kappa shape index (κ2) is 11.2.